The molecule has 15 heavy (non-hydrogen) atoms. The van der Waals surface area contributed by atoms with Crippen molar-refractivity contribution in [2.24, 2.45) is 0 Å². The maximum absolute atomic E-state index is 11.8. The molecule has 1 heterocycles. The third kappa shape index (κ3) is 1.69. The Kier molecular flexibility index (Phi) is 2.39. The van der Waals surface area contributed by atoms with Crippen LogP contribution in [0.4, 0.5) is 5.69 Å². The molecule has 3 nitrogen and oxygen atoms in total. The minimum Gasteiger partial charge on any atom is -0.464 e. The highest BCUT2D eigenvalue weighted by Gasteiger charge is 2.40. The van der Waals surface area contributed by atoms with Crippen molar-refractivity contribution in [3.05, 3.63) is 29.8 Å². The molecule has 0 saturated carbocycles. The molecule has 2 rings (SSSR count). The monoisotopic (exact) mass is 205 g/mol. The maximum Gasteiger partial charge on any atom is 0.331 e. The van der Waals surface area contributed by atoms with Crippen LogP contribution in [0.25, 0.3) is 0 Å². The molecule has 1 aliphatic heterocycles. The van der Waals surface area contributed by atoms with Crippen molar-refractivity contribution < 1.29 is 9.53 Å². The van der Waals surface area contributed by atoms with Crippen molar-refractivity contribution in [1.82, 2.24) is 0 Å². The normalized spacial score (nSPS) is 23.1. The van der Waals surface area contributed by atoms with Gasteiger partial charge in [-0.15, -0.1) is 0 Å². The number of carbonyl (C=O) groups excluding carboxylic acids is 1. The number of hydrogen-bond acceptors (Lipinski definition) is 3. The molecule has 0 fully saturated rings. The fourth-order valence-electron chi connectivity index (χ4n) is 1.93. The highest BCUT2D eigenvalue weighted by Crippen LogP contribution is 2.32. The van der Waals surface area contributed by atoms with Crippen LogP contribution in [-0.4, -0.2) is 18.1 Å². The lowest BCUT2D eigenvalue weighted by atomic mass is 9.98. The van der Waals surface area contributed by atoms with E-state index >= 15 is 0 Å². The maximum atomic E-state index is 11.8. The molecule has 0 aliphatic carbocycles. The summed E-state index contributed by atoms with van der Waals surface area (Å²) in [6.07, 6.45) is 0.696. The van der Waals surface area contributed by atoms with Crippen LogP contribution in [0.3, 0.4) is 0 Å². The van der Waals surface area contributed by atoms with Gasteiger partial charge in [0.2, 0.25) is 0 Å². The Morgan fingerprint density at radius 3 is 2.93 bits per heavy atom. The number of para-hydroxylation sites is 1. The van der Waals surface area contributed by atoms with Crippen LogP contribution < -0.4 is 5.32 Å². The van der Waals surface area contributed by atoms with Gasteiger partial charge >= 0.3 is 5.97 Å². The van der Waals surface area contributed by atoms with Crippen LogP contribution in [0.5, 0.6) is 0 Å². The van der Waals surface area contributed by atoms with Crippen molar-refractivity contribution in [1.29, 1.82) is 0 Å². The second kappa shape index (κ2) is 3.57. The summed E-state index contributed by atoms with van der Waals surface area (Å²) in [6.45, 7) is 4.13. The van der Waals surface area contributed by atoms with E-state index in [2.05, 4.69) is 5.32 Å². The van der Waals surface area contributed by atoms with Crippen LogP contribution in [-0.2, 0) is 16.0 Å². The van der Waals surface area contributed by atoms with Crippen LogP contribution in [0.2, 0.25) is 0 Å². The smallest absolute Gasteiger partial charge is 0.331 e. The van der Waals surface area contributed by atoms with Crippen molar-refractivity contribution >= 4 is 11.7 Å². The number of carbonyl (C=O) groups is 1. The summed E-state index contributed by atoms with van der Waals surface area (Å²) in [5, 5.41) is 3.22. The van der Waals surface area contributed by atoms with E-state index in [1.54, 1.807) is 0 Å². The predicted molar refractivity (Wildman–Crippen MR) is 58.8 cm³/mol. The molecule has 0 radical (unpaired) electrons. The predicted octanol–water partition coefficient (Wildman–Crippen LogP) is 1.98. The van der Waals surface area contributed by atoms with Gasteiger partial charge in [-0.1, -0.05) is 18.2 Å². The second-order valence-corrected chi connectivity index (χ2v) is 4.01. The largest absolute Gasteiger partial charge is 0.464 e. The first kappa shape index (κ1) is 10.0. The molecule has 1 N–H and O–H groups in total. The molecule has 1 atom stereocenters. The molecule has 80 valence electrons. The molecule has 1 aromatic carbocycles. The zero-order chi connectivity index (χ0) is 10.9. The molecule has 0 saturated heterocycles. The Morgan fingerprint density at radius 2 is 2.27 bits per heavy atom. The number of nitrogens with one attached hydrogen (secondary N) is 1. The molecule has 1 aromatic rings. The highest BCUT2D eigenvalue weighted by molar-refractivity contribution is 5.87. The second-order valence-electron chi connectivity index (χ2n) is 4.01. The van der Waals surface area contributed by atoms with E-state index < -0.39 is 5.54 Å². The fourth-order valence-corrected chi connectivity index (χ4v) is 1.93. The van der Waals surface area contributed by atoms with E-state index in [1.807, 2.05) is 38.1 Å². The van der Waals surface area contributed by atoms with Crippen molar-refractivity contribution in [3.8, 4) is 0 Å². The summed E-state index contributed by atoms with van der Waals surface area (Å²) in [4.78, 5) is 11.8. The number of ether oxygens (including phenoxy) is 1. The van der Waals surface area contributed by atoms with E-state index in [-0.39, 0.29) is 5.97 Å². The molecular formula is C12H15NO2. The topological polar surface area (TPSA) is 38.3 Å². The van der Waals surface area contributed by atoms with Gasteiger partial charge in [0.25, 0.3) is 0 Å². The molecule has 1 unspecified atom stereocenters. The number of esters is 1. The third-order valence-electron chi connectivity index (χ3n) is 2.70. The quantitative estimate of drug-likeness (QED) is 0.750. The first-order valence-electron chi connectivity index (χ1n) is 5.19. The molecule has 1 aliphatic rings. The number of anilines is 1. The van der Waals surface area contributed by atoms with E-state index in [1.165, 1.54) is 5.56 Å². The van der Waals surface area contributed by atoms with Crippen molar-refractivity contribution in [2.45, 2.75) is 25.8 Å². The zero-order valence-corrected chi connectivity index (χ0v) is 9.04. The molecule has 0 aromatic heterocycles. The number of benzene rings is 1. The highest BCUT2D eigenvalue weighted by atomic mass is 16.5. The number of rotatable bonds is 2. The lowest BCUT2D eigenvalue weighted by Crippen LogP contribution is -2.43. The average molecular weight is 205 g/mol. The Hall–Kier alpha value is -1.51. The summed E-state index contributed by atoms with van der Waals surface area (Å²) < 4.78 is 5.06. The van der Waals surface area contributed by atoms with Gasteiger partial charge in [-0.2, -0.15) is 0 Å². The Labute approximate surface area is 89.4 Å². The van der Waals surface area contributed by atoms with Gasteiger partial charge in [0.15, 0.2) is 0 Å². The van der Waals surface area contributed by atoms with Crippen molar-refractivity contribution in [2.75, 3.05) is 11.9 Å². The minimum atomic E-state index is -0.598. The molecule has 0 bridgehead atoms. The standard InChI is InChI=1S/C12H15NO2/c1-3-15-11(14)12(2)8-9-6-4-5-7-10(9)13-12/h4-7,13H,3,8H2,1-2H3. The van der Waals surface area contributed by atoms with E-state index in [9.17, 15) is 4.79 Å². The lowest BCUT2D eigenvalue weighted by Gasteiger charge is -2.22. The summed E-state index contributed by atoms with van der Waals surface area (Å²) in [6, 6.07) is 7.97. The Bertz CT molecular complexity index is 362. The summed E-state index contributed by atoms with van der Waals surface area (Å²) >= 11 is 0. The summed E-state index contributed by atoms with van der Waals surface area (Å²) in [5.74, 6) is -0.179. The summed E-state index contributed by atoms with van der Waals surface area (Å²) in [5.41, 5.74) is 1.61. The van der Waals surface area contributed by atoms with Crippen LogP contribution in [0.1, 0.15) is 19.4 Å². The number of fused-ring (bicyclic) bond motifs is 1. The first-order valence-corrected chi connectivity index (χ1v) is 5.19. The lowest BCUT2D eigenvalue weighted by molar-refractivity contribution is -0.147. The van der Waals surface area contributed by atoms with Crippen LogP contribution in [0.15, 0.2) is 24.3 Å². The van der Waals surface area contributed by atoms with E-state index in [4.69, 9.17) is 4.74 Å². The minimum absolute atomic E-state index is 0.179. The summed E-state index contributed by atoms with van der Waals surface area (Å²) in [7, 11) is 0. The Morgan fingerprint density at radius 1 is 1.53 bits per heavy atom. The van der Waals surface area contributed by atoms with Crippen molar-refractivity contribution in [3.63, 3.8) is 0 Å². The molecule has 0 spiro atoms. The molecular weight excluding hydrogens is 190 g/mol. The van der Waals surface area contributed by atoms with Crippen LogP contribution in [0, 0.1) is 0 Å². The first-order chi connectivity index (χ1) is 7.15. The number of hydrogen-bond donors (Lipinski definition) is 1. The van der Waals surface area contributed by atoms with E-state index in [0.29, 0.717) is 13.0 Å². The van der Waals surface area contributed by atoms with Gasteiger partial charge < -0.3 is 10.1 Å². The van der Waals surface area contributed by atoms with Gasteiger partial charge in [-0.05, 0) is 25.5 Å². The van der Waals surface area contributed by atoms with Crippen LogP contribution >= 0.6 is 0 Å². The zero-order valence-electron chi connectivity index (χ0n) is 9.04. The van der Waals surface area contributed by atoms with Gasteiger partial charge in [0, 0.05) is 12.1 Å². The fraction of sp³-hybridized carbons (Fsp3) is 0.417. The van der Waals surface area contributed by atoms with Gasteiger partial charge in [0.1, 0.15) is 5.54 Å². The third-order valence-corrected chi connectivity index (χ3v) is 2.70. The van der Waals surface area contributed by atoms with E-state index in [0.717, 1.165) is 5.69 Å². The molecule has 0 amide bonds. The average Bonchev–Trinajstić information content (AvgIpc) is 2.56. The van der Waals surface area contributed by atoms with Gasteiger partial charge in [-0.25, -0.2) is 4.79 Å². The van der Waals surface area contributed by atoms with Gasteiger partial charge in [-0.3, -0.25) is 0 Å². The SMILES string of the molecule is CCOC(=O)C1(C)Cc2ccccc2N1. The molecule has 3 heteroatoms. The Balaban J connectivity index is 2.21. The van der Waals surface area contributed by atoms with Gasteiger partial charge in [0.05, 0.1) is 6.61 Å².